The maximum Gasteiger partial charge on any atom is 0.271 e. The van der Waals surface area contributed by atoms with Gasteiger partial charge in [-0.2, -0.15) is 0 Å². The van der Waals surface area contributed by atoms with Crippen LogP contribution in [0.5, 0.6) is 0 Å². The van der Waals surface area contributed by atoms with E-state index < -0.39 is 11.8 Å². The number of carbonyl (C=O) groups excluding carboxylic acids is 2. The van der Waals surface area contributed by atoms with E-state index in [-0.39, 0.29) is 5.56 Å². The van der Waals surface area contributed by atoms with Crippen LogP contribution in [0.2, 0.25) is 0 Å². The third-order valence-electron chi connectivity index (χ3n) is 1.61. The molecule has 0 saturated heterocycles. The summed E-state index contributed by atoms with van der Waals surface area (Å²) in [5.74, 6) is -1.23. The highest BCUT2D eigenvalue weighted by atomic mass is 16.2. The van der Waals surface area contributed by atoms with Crippen molar-refractivity contribution in [2.45, 2.75) is 0 Å². The van der Waals surface area contributed by atoms with Gasteiger partial charge in [0.1, 0.15) is 0 Å². The second-order valence-corrected chi connectivity index (χ2v) is 2.57. The van der Waals surface area contributed by atoms with Gasteiger partial charge in [0.05, 0.1) is 11.3 Å². The number of nitrogens with one attached hydrogen (secondary N) is 2. The summed E-state index contributed by atoms with van der Waals surface area (Å²) >= 11 is 0. The molecule has 1 radical (unpaired) electrons. The molecule has 0 fully saturated rings. The van der Waals surface area contributed by atoms with E-state index in [0.717, 1.165) is 6.08 Å². The molecule has 0 bridgehead atoms. The highest BCUT2D eigenvalue weighted by Gasteiger charge is 2.08. The van der Waals surface area contributed by atoms with E-state index in [1.54, 1.807) is 18.2 Å². The van der Waals surface area contributed by atoms with Gasteiger partial charge in [-0.3, -0.25) is 15.3 Å². The molecule has 1 aromatic rings. The van der Waals surface area contributed by atoms with E-state index in [4.69, 9.17) is 5.73 Å². The Bertz CT molecular complexity index is 385. The van der Waals surface area contributed by atoms with Gasteiger partial charge < -0.3 is 5.32 Å². The lowest BCUT2D eigenvalue weighted by Crippen LogP contribution is -2.11. The maximum atomic E-state index is 11.0. The average Bonchev–Trinajstić information content (AvgIpc) is 2.18. The molecule has 0 aromatic heterocycles. The van der Waals surface area contributed by atoms with Crippen LogP contribution in [0.3, 0.4) is 0 Å². The van der Waals surface area contributed by atoms with Crippen molar-refractivity contribution >= 4 is 17.5 Å². The summed E-state index contributed by atoms with van der Waals surface area (Å²) in [5, 5.41) is 2.44. The molecule has 0 saturated carbocycles. The molecule has 14 heavy (non-hydrogen) atoms. The first kappa shape index (κ1) is 9.98. The summed E-state index contributed by atoms with van der Waals surface area (Å²) in [6, 6.07) is 6.34. The Balaban J connectivity index is 3.01. The fraction of sp³-hybridized carbons (Fsp3) is 0. The minimum Gasteiger partial charge on any atom is -0.322 e. The van der Waals surface area contributed by atoms with E-state index in [1.807, 2.05) is 0 Å². The van der Waals surface area contributed by atoms with Crippen molar-refractivity contribution in [2.24, 2.45) is 0 Å². The number of hydrogen-bond donors (Lipinski definition) is 1. The van der Waals surface area contributed by atoms with Crippen molar-refractivity contribution in [3.8, 4) is 0 Å². The van der Waals surface area contributed by atoms with Crippen molar-refractivity contribution in [3.05, 3.63) is 42.5 Å². The first-order valence-corrected chi connectivity index (χ1v) is 3.93. The van der Waals surface area contributed by atoms with Gasteiger partial charge >= 0.3 is 0 Å². The zero-order valence-electron chi connectivity index (χ0n) is 7.41. The molecule has 71 valence electrons. The van der Waals surface area contributed by atoms with Crippen molar-refractivity contribution in [1.29, 1.82) is 0 Å². The standard InChI is InChI=1S/C10H9N2O2/c1-2-9(13)12-8-6-4-3-5-7(8)10(11)14/h2-6,11H,1H2,(H,12,13). The maximum absolute atomic E-state index is 11.0. The molecule has 0 unspecified atom stereocenters. The zero-order chi connectivity index (χ0) is 10.6. The molecule has 1 rings (SSSR count). The highest BCUT2D eigenvalue weighted by molar-refractivity contribution is 6.05. The van der Waals surface area contributed by atoms with Crippen LogP contribution in [0, 0.1) is 0 Å². The van der Waals surface area contributed by atoms with E-state index in [2.05, 4.69) is 11.9 Å². The quantitative estimate of drug-likeness (QED) is 0.726. The van der Waals surface area contributed by atoms with E-state index >= 15 is 0 Å². The van der Waals surface area contributed by atoms with Gasteiger partial charge in [-0.05, 0) is 18.2 Å². The zero-order valence-corrected chi connectivity index (χ0v) is 7.41. The second kappa shape index (κ2) is 4.23. The lowest BCUT2D eigenvalue weighted by atomic mass is 10.1. The average molecular weight is 189 g/mol. The number of hydrogen-bond acceptors (Lipinski definition) is 2. The third kappa shape index (κ3) is 2.20. The predicted molar refractivity (Wildman–Crippen MR) is 52.7 cm³/mol. The number of carbonyl (C=O) groups is 2. The number of amides is 2. The molecule has 0 aliphatic rings. The van der Waals surface area contributed by atoms with E-state index in [1.165, 1.54) is 6.07 Å². The van der Waals surface area contributed by atoms with Crippen molar-refractivity contribution < 1.29 is 9.59 Å². The van der Waals surface area contributed by atoms with Crippen molar-refractivity contribution in [1.82, 2.24) is 5.73 Å². The number of benzene rings is 1. The van der Waals surface area contributed by atoms with Crippen molar-refractivity contribution in [3.63, 3.8) is 0 Å². The monoisotopic (exact) mass is 189 g/mol. The van der Waals surface area contributed by atoms with Crippen LogP contribution in [0.4, 0.5) is 5.69 Å². The normalized spacial score (nSPS) is 9.14. The van der Waals surface area contributed by atoms with Crippen LogP contribution in [0.1, 0.15) is 10.4 Å². The van der Waals surface area contributed by atoms with Gasteiger partial charge in [0, 0.05) is 0 Å². The largest absolute Gasteiger partial charge is 0.322 e. The lowest BCUT2D eigenvalue weighted by molar-refractivity contribution is -0.111. The fourth-order valence-electron chi connectivity index (χ4n) is 0.974. The van der Waals surface area contributed by atoms with Gasteiger partial charge in [-0.1, -0.05) is 18.7 Å². The number of para-hydroxylation sites is 1. The Hall–Kier alpha value is -2.10. The molecule has 1 aromatic carbocycles. The Morgan fingerprint density at radius 1 is 1.36 bits per heavy atom. The summed E-state index contributed by atoms with van der Waals surface area (Å²) in [6.07, 6.45) is 1.10. The minimum absolute atomic E-state index is 0.169. The molecule has 0 spiro atoms. The molecular weight excluding hydrogens is 180 g/mol. The Morgan fingerprint density at radius 2 is 2.00 bits per heavy atom. The van der Waals surface area contributed by atoms with Crippen LogP contribution in [-0.2, 0) is 4.79 Å². The van der Waals surface area contributed by atoms with Gasteiger partial charge in [0.2, 0.25) is 5.91 Å². The smallest absolute Gasteiger partial charge is 0.271 e. The van der Waals surface area contributed by atoms with Gasteiger partial charge in [-0.25, -0.2) is 0 Å². The topological polar surface area (TPSA) is 70.0 Å². The fourth-order valence-corrected chi connectivity index (χ4v) is 0.974. The van der Waals surface area contributed by atoms with Gasteiger partial charge in [0.25, 0.3) is 5.91 Å². The van der Waals surface area contributed by atoms with Gasteiger partial charge in [0.15, 0.2) is 0 Å². The molecule has 2 amide bonds. The van der Waals surface area contributed by atoms with E-state index in [9.17, 15) is 9.59 Å². The SMILES string of the molecule is C=CC(=O)Nc1ccccc1C([NH])=O. The Labute approximate surface area is 81.4 Å². The molecule has 0 aliphatic carbocycles. The van der Waals surface area contributed by atoms with E-state index in [0.29, 0.717) is 5.69 Å². The molecule has 4 heteroatoms. The third-order valence-corrected chi connectivity index (χ3v) is 1.61. The molecule has 0 atom stereocenters. The predicted octanol–water partition coefficient (Wildman–Crippen LogP) is 1.23. The molecular formula is C10H9N2O2. The molecule has 2 N–H and O–H groups in total. The first-order chi connectivity index (χ1) is 6.65. The molecule has 4 nitrogen and oxygen atoms in total. The van der Waals surface area contributed by atoms with Crippen molar-refractivity contribution in [2.75, 3.05) is 5.32 Å². The summed E-state index contributed by atoms with van der Waals surface area (Å²) in [4.78, 5) is 21.8. The first-order valence-electron chi connectivity index (χ1n) is 3.93. The summed E-state index contributed by atoms with van der Waals surface area (Å²) in [6.45, 7) is 3.29. The second-order valence-electron chi connectivity index (χ2n) is 2.57. The summed E-state index contributed by atoms with van der Waals surface area (Å²) in [7, 11) is 0. The van der Waals surface area contributed by atoms with Crippen LogP contribution in [0.15, 0.2) is 36.9 Å². The Morgan fingerprint density at radius 3 is 2.57 bits per heavy atom. The summed E-state index contributed by atoms with van der Waals surface area (Å²) in [5.41, 5.74) is 7.44. The van der Waals surface area contributed by atoms with Crippen LogP contribution >= 0.6 is 0 Å². The van der Waals surface area contributed by atoms with Gasteiger partial charge in [-0.15, -0.1) is 0 Å². The van der Waals surface area contributed by atoms with Crippen LogP contribution < -0.4 is 11.1 Å². The van der Waals surface area contributed by atoms with Crippen LogP contribution in [-0.4, -0.2) is 11.8 Å². The number of rotatable bonds is 3. The van der Waals surface area contributed by atoms with Crippen LogP contribution in [0.25, 0.3) is 0 Å². The number of anilines is 1. The summed E-state index contributed by atoms with van der Waals surface area (Å²) < 4.78 is 0. The highest BCUT2D eigenvalue weighted by Crippen LogP contribution is 2.14. The minimum atomic E-state index is -0.829. The Kier molecular flexibility index (Phi) is 3.01. The molecule has 0 aliphatic heterocycles. The lowest BCUT2D eigenvalue weighted by Gasteiger charge is -2.05. The molecule has 0 heterocycles.